The van der Waals surface area contributed by atoms with Crippen molar-refractivity contribution in [2.45, 2.75) is 32.9 Å². The van der Waals surface area contributed by atoms with E-state index in [9.17, 15) is 0 Å². The molecular formula is C8H16N4. The highest BCUT2D eigenvalue weighted by Gasteiger charge is 2.02. The van der Waals surface area contributed by atoms with Gasteiger partial charge in [0, 0.05) is 18.2 Å². The molecule has 4 heteroatoms. The number of nitrogen functional groups attached to an aromatic ring is 1. The molecule has 12 heavy (non-hydrogen) atoms. The van der Waals surface area contributed by atoms with Crippen LogP contribution < -0.4 is 11.1 Å². The molecule has 0 aromatic carbocycles. The van der Waals surface area contributed by atoms with Crippen molar-refractivity contribution in [1.29, 1.82) is 0 Å². The number of rotatable bonds is 4. The number of H-pyrrole nitrogens is 1. The van der Waals surface area contributed by atoms with Crippen LogP contribution in [0.3, 0.4) is 0 Å². The SMILES string of the molecule is CCC(C)NCc1cn[nH]c1N. The number of nitrogens with zero attached hydrogens (tertiary/aromatic N) is 1. The van der Waals surface area contributed by atoms with Crippen LogP contribution in [0.4, 0.5) is 5.82 Å². The lowest BCUT2D eigenvalue weighted by Crippen LogP contribution is -2.24. The quantitative estimate of drug-likeness (QED) is 0.625. The second kappa shape index (κ2) is 4.11. The fraction of sp³-hybridized carbons (Fsp3) is 0.625. The van der Waals surface area contributed by atoms with Crippen molar-refractivity contribution in [2.75, 3.05) is 5.73 Å². The van der Waals surface area contributed by atoms with Crippen LogP contribution in [0, 0.1) is 0 Å². The van der Waals surface area contributed by atoms with E-state index in [1.165, 1.54) is 0 Å². The normalized spacial score (nSPS) is 13.2. The molecule has 0 aliphatic rings. The number of hydrogen-bond acceptors (Lipinski definition) is 3. The topological polar surface area (TPSA) is 66.7 Å². The van der Waals surface area contributed by atoms with Crippen LogP contribution in [0.2, 0.25) is 0 Å². The molecule has 0 radical (unpaired) electrons. The summed E-state index contributed by atoms with van der Waals surface area (Å²) in [6.45, 7) is 5.09. The minimum absolute atomic E-state index is 0.527. The van der Waals surface area contributed by atoms with Gasteiger partial charge >= 0.3 is 0 Å². The summed E-state index contributed by atoms with van der Waals surface area (Å²) in [5.41, 5.74) is 6.65. The summed E-state index contributed by atoms with van der Waals surface area (Å²) in [6, 6.07) is 0.527. The Balaban J connectivity index is 2.38. The molecule has 1 aromatic heterocycles. The molecule has 0 bridgehead atoms. The van der Waals surface area contributed by atoms with Crippen LogP contribution >= 0.6 is 0 Å². The standard InChI is InChI=1S/C8H16N4/c1-3-6(2)10-4-7-5-11-12-8(7)9/h5-6,10H,3-4H2,1-2H3,(H3,9,11,12). The Morgan fingerprint density at radius 3 is 3.00 bits per heavy atom. The second-order valence-electron chi connectivity index (χ2n) is 3.00. The molecule has 0 aliphatic carbocycles. The van der Waals surface area contributed by atoms with Gasteiger partial charge in [0.1, 0.15) is 5.82 Å². The van der Waals surface area contributed by atoms with Crippen molar-refractivity contribution in [3.63, 3.8) is 0 Å². The van der Waals surface area contributed by atoms with E-state index in [1.807, 2.05) is 0 Å². The monoisotopic (exact) mass is 168 g/mol. The molecule has 1 aromatic rings. The molecular weight excluding hydrogens is 152 g/mol. The molecule has 4 nitrogen and oxygen atoms in total. The van der Waals surface area contributed by atoms with Crippen molar-refractivity contribution < 1.29 is 0 Å². The molecule has 0 aliphatic heterocycles. The maximum Gasteiger partial charge on any atom is 0.123 e. The molecule has 1 atom stereocenters. The molecule has 0 fully saturated rings. The van der Waals surface area contributed by atoms with Crippen molar-refractivity contribution >= 4 is 5.82 Å². The lowest BCUT2D eigenvalue weighted by atomic mass is 10.2. The highest BCUT2D eigenvalue weighted by Crippen LogP contribution is 2.05. The van der Waals surface area contributed by atoms with E-state index < -0.39 is 0 Å². The first-order chi connectivity index (χ1) is 5.74. The van der Waals surface area contributed by atoms with E-state index in [4.69, 9.17) is 5.73 Å². The molecule has 1 unspecified atom stereocenters. The Morgan fingerprint density at radius 2 is 2.50 bits per heavy atom. The Kier molecular flexibility index (Phi) is 3.10. The van der Waals surface area contributed by atoms with Gasteiger partial charge < -0.3 is 11.1 Å². The predicted octanol–water partition coefficient (Wildman–Crippen LogP) is 0.880. The van der Waals surface area contributed by atoms with Gasteiger partial charge in [-0.25, -0.2) is 0 Å². The van der Waals surface area contributed by atoms with Crippen molar-refractivity contribution in [3.05, 3.63) is 11.8 Å². The van der Waals surface area contributed by atoms with Crippen LogP contribution in [0.15, 0.2) is 6.20 Å². The molecule has 0 spiro atoms. The number of nitrogens with one attached hydrogen (secondary N) is 2. The van der Waals surface area contributed by atoms with Crippen molar-refractivity contribution in [1.82, 2.24) is 15.5 Å². The lowest BCUT2D eigenvalue weighted by molar-refractivity contribution is 0.535. The van der Waals surface area contributed by atoms with Crippen LogP contribution in [0.25, 0.3) is 0 Å². The van der Waals surface area contributed by atoms with Crippen molar-refractivity contribution in [3.8, 4) is 0 Å². The minimum Gasteiger partial charge on any atom is -0.384 e. The fourth-order valence-corrected chi connectivity index (χ4v) is 0.890. The second-order valence-corrected chi connectivity index (χ2v) is 3.00. The summed E-state index contributed by atoms with van der Waals surface area (Å²) in [5, 5.41) is 9.87. The van der Waals surface area contributed by atoms with Crippen LogP contribution in [-0.2, 0) is 6.54 Å². The summed E-state index contributed by atoms with van der Waals surface area (Å²) in [5.74, 6) is 0.658. The minimum atomic E-state index is 0.527. The van der Waals surface area contributed by atoms with Crippen LogP contribution in [0.1, 0.15) is 25.8 Å². The fourth-order valence-electron chi connectivity index (χ4n) is 0.890. The van der Waals surface area contributed by atoms with Gasteiger partial charge in [-0.2, -0.15) is 5.10 Å². The molecule has 0 saturated heterocycles. The largest absolute Gasteiger partial charge is 0.384 e. The third-order valence-electron chi connectivity index (χ3n) is 2.00. The number of anilines is 1. The zero-order valence-electron chi connectivity index (χ0n) is 7.59. The number of aromatic nitrogens is 2. The van der Waals surface area contributed by atoms with E-state index in [0.29, 0.717) is 11.9 Å². The summed E-state index contributed by atoms with van der Waals surface area (Å²) in [6.07, 6.45) is 2.88. The highest BCUT2D eigenvalue weighted by molar-refractivity contribution is 5.36. The summed E-state index contributed by atoms with van der Waals surface area (Å²) >= 11 is 0. The molecule has 0 amide bonds. The van der Waals surface area contributed by atoms with E-state index >= 15 is 0 Å². The average molecular weight is 168 g/mol. The van der Waals surface area contributed by atoms with Gasteiger partial charge in [0.2, 0.25) is 0 Å². The van der Waals surface area contributed by atoms with Crippen LogP contribution in [0.5, 0.6) is 0 Å². The van der Waals surface area contributed by atoms with Gasteiger partial charge in [-0.05, 0) is 13.3 Å². The third kappa shape index (κ3) is 2.23. The van der Waals surface area contributed by atoms with Crippen molar-refractivity contribution in [2.24, 2.45) is 0 Å². The predicted molar refractivity (Wildman–Crippen MR) is 49.6 cm³/mol. The Bertz CT molecular complexity index is 231. The van der Waals surface area contributed by atoms with Gasteiger partial charge in [-0.1, -0.05) is 6.92 Å². The maximum atomic E-state index is 5.61. The van der Waals surface area contributed by atoms with E-state index in [0.717, 1.165) is 18.5 Å². The molecule has 1 heterocycles. The highest BCUT2D eigenvalue weighted by atomic mass is 15.1. The van der Waals surface area contributed by atoms with Gasteiger partial charge in [0.25, 0.3) is 0 Å². The molecule has 0 saturated carbocycles. The zero-order valence-corrected chi connectivity index (χ0v) is 7.59. The van der Waals surface area contributed by atoms with E-state index in [2.05, 4.69) is 29.4 Å². The van der Waals surface area contributed by atoms with Gasteiger partial charge in [0.15, 0.2) is 0 Å². The maximum absolute atomic E-state index is 5.61. The summed E-state index contributed by atoms with van der Waals surface area (Å²) in [4.78, 5) is 0. The number of aromatic amines is 1. The van der Waals surface area contributed by atoms with Gasteiger partial charge in [-0.15, -0.1) is 0 Å². The lowest BCUT2D eigenvalue weighted by Gasteiger charge is -2.09. The Morgan fingerprint density at radius 1 is 1.75 bits per heavy atom. The Hall–Kier alpha value is -1.03. The molecule has 4 N–H and O–H groups in total. The first-order valence-electron chi connectivity index (χ1n) is 4.25. The molecule has 68 valence electrons. The summed E-state index contributed by atoms with van der Waals surface area (Å²) in [7, 11) is 0. The smallest absolute Gasteiger partial charge is 0.123 e. The average Bonchev–Trinajstić information content (AvgIpc) is 2.47. The first-order valence-corrected chi connectivity index (χ1v) is 4.25. The Labute approximate surface area is 72.5 Å². The number of hydrogen-bond donors (Lipinski definition) is 3. The van der Waals surface area contributed by atoms with Crippen LogP contribution in [-0.4, -0.2) is 16.2 Å². The van der Waals surface area contributed by atoms with Gasteiger partial charge in [0.05, 0.1) is 6.20 Å². The first kappa shape index (κ1) is 9.06. The third-order valence-corrected chi connectivity index (χ3v) is 2.00. The number of nitrogens with two attached hydrogens (primary N) is 1. The van der Waals surface area contributed by atoms with E-state index in [-0.39, 0.29) is 0 Å². The van der Waals surface area contributed by atoms with E-state index in [1.54, 1.807) is 6.20 Å². The van der Waals surface area contributed by atoms with Gasteiger partial charge in [-0.3, -0.25) is 5.10 Å². The zero-order chi connectivity index (χ0) is 8.97. The summed E-state index contributed by atoms with van der Waals surface area (Å²) < 4.78 is 0. The molecule has 1 rings (SSSR count).